The van der Waals surface area contributed by atoms with E-state index in [0.717, 1.165) is 21.2 Å². The molecule has 0 bridgehead atoms. The monoisotopic (exact) mass is 332 g/mol. The average molecular weight is 332 g/mol. The van der Waals surface area contributed by atoms with E-state index >= 15 is 0 Å². The topological polar surface area (TPSA) is 68.0 Å². The molecule has 0 saturated carbocycles. The highest BCUT2D eigenvalue weighted by Crippen LogP contribution is 2.27. The van der Waals surface area contributed by atoms with Crippen LogP contribution in [-0.4, -0.2) is 24.8 Å². The van der Waals surface area contributed by atoms with Gasteiger partial charge in [-0.05, 0) is 31.2 Å². The van der Waals surface area contributed by atoms with Crippen molar-refractivity contribution in [1.82, 2.24) is 24.8 Å². The molecule has 1 N–H and O–H groups in total. The first-order chi connectivity index (χ1) is 10.7. The summed E-state index contributed by atoms with van der Waals surface area (Å²) in [6, 6.07) is 6.30. The first-order valence-electron chi connectivity index (χ1n) is 6.36. The Hall–Kier alpha value is -2.39. The number of nitrogens with one attached hydrogen (secondary N) is 1. The quantitative estimate of drug-likeness (QED) is 0.622. The molecular formula is C13H9FN6S2. The van der Waals surface area contributed by atoms with E-state index in [9.17, 15) is 4.39 Å². The number of rotatable bonds is 3. The van der Waals surface area contributed by atoms with Gasteiger partial charge in [-0.3, -0.25) is 5.32 Å². The van der Waals surface area contributed by atoms with Crippen LogP contribution in [-0.2, 0) is 0 Å². The normalized spacial score (nSPS) is 11.2. The fourth-order valence-corrected chi connectivity index (χ4v) is 3.41. The SMILES string of the molecule is Cc1nnc(Nc2nc3scc(-c4ccc(F)cc4)n3n2)s1. The molecule has 0 atom stereocenters. The van der Waals surface area contributed by atoms with Gasteiger partial charge in [0.15, 0.2) is 0 Å². The Bertz CT molecular complexity index is 939. The van der Waals surface area contributed by atoms with Crippen LogP contribution in [0.15, 0.2) is 29.6 Å². The molecular weight excluding hydrogens is 323 g/mol. The number of hydrogen-bond donors (Lipinski definition) is 1. The Balaban J connectivity index is 1.71. The molecule has 6 nitrogen and oxygen atoms in total. The summed E-state index contributed by atoms with van der Waals surface area (Å²) in [5, 5.41) is 18.9. The Morgan fingerprint density at radius 3 is 2.73 bits per heavy atom. The van der Waals surface area contributed by atoms with Crippen molar-refractivity contribution in [3.8, 4) is 11.3 Å². The third kappa shape index (κ3) is 2.34. The summed E-state index contributed by atoms with van der Waals surface area (Å²) in [6.07, 6.45) is 0. The van der Waals surface area contributed by atoms with Crippen molar-refractivity contribution in [2.45, 2.75) is 6.92 Å². The Labute approximate surface area is 132 Å². The van der Waals surface area contributed by atoms with Crippen molar-refractivity contribution >= 4 is 38.7 Å². The van der Waals surface area contributed by atoms with E-state index in [2.05, 4.69) is 25.6 Å². The van der Waals surface area contributed by atoms with Gasteiger partial charge < -0.3 is 0 Å². The number of aromatic nitrogens is 5. The Morgan fingerprint density at radius 1 is 1.18 bits per heavy atom. The molecule has 0 saturated heterocycles. The van der Waals surface area contributed by atoms with Crippen LogP contribution in [0.4, 0.5) is 15.5 Å². The number of halogens is 1. The maximum atomic E-state index is 13.0. The molecule has 0 fully saturated rings. The minimum absolute atomic E-state index is 0.261. The van der Waals surface area contributed by atoms with Gasteiger partial charge in [0.1, 0.15) is 10.8 Å². The van der Waals surface area contributed by atoms with Gasteiger partial charge in [-0.2, -0.15) is 4.98 Å². The summed E-state index contributed by atoms with van der Waals surface area (Å²) in [6.45, 7) is 1.88. The van der Waals surface area contributed by atoms with Crippen molar-refractivity contribution in [3.05, 3.63) is 40.5 Å². The van der Waals surface area contributed by atoms with Crippen LogP contribution in [0.5, 0.6) is 0 Å². The van der Waals surface area contributed by atoms with E-state index in [-0.39, 0.29) is 5.82 Å². The molecule has 0 spiro atoms. The van der Waals surface area contributed by atoms with Crippen LogP contribution >= 0.6 is 22.7 Å². The molecule has 22 heavy (non-hydrogen) atoms. The lowest BCUT2D eigenvalue weighted by molar-refractivity contribution is 0.628. The average Bonchev–Trinajstić information content (AvgIpc) is 3.16. The summed E-state index contributed by atoms with van der Waals surface area (Å²) in [7, 11) is 0. The highest BCUT2D eigenvalue weighted by Gasteiger charge is 2.12. The number of fused-ring (bicyclic) bond motifs is 1. The van der Waals surface area contributed by atoms with Gasteiger partial charge in [-0.25, -0.2) is 8.91 Å². The standard InChI is InChI=1S/C13H9FN6S2/c1-7-17-18-12(22-7)15-11-16-13-20(19-11)10(6-21-13)8-2-4-9(14)5-3-8/h2-6H,1H3,(H,15,18,19). The van der Waals surface area contributed by atoms with E-state index in [1.807, 2.05) is 12.3 Å². The van der Waals surface area contributed by atoms with Crippen molar-refractivity contribution in [2.24, 2.45) is 0 Å². The highest BCUT2D eigenvalue weighted by atomic mass is 32.1. The summed E-state index contributed by atoms with van der Waals surface area (Å²) in [5.41, 5.74) is 1.75. The number of nitrogens with zero attached hydrogens (tertiary/aromatic N) is 5. The van der Waals surface area contributed by atoms with Gasteiger partial charge in [0.05, 0.1) is 5.69 Å². The van der Waals surface area contributed by atoms with Gasteiger partial charge in [-0.15, -0.1) is 26.6 Å². The zero-order valence-electron chi connectivity index (χ0n) is 11.3. The largest absolute Gasteiger partial charge is 0.297 e. The van der Waals surface area contributed by atoms with Crippen molar-refractivity contribution in [3.63, 3.8) is 0 Å². The van der Waals surface area contributed by atoms with Crippen molar-refractivity contribution < 1.29 is 4.39 Å². The zero-order valence-corrected chi connectivity index (χ0v) is 13.0. The van der Waals surface area contributed by atoms with E-state index < -0.39 is 0 Å². The second-order valence-corrected chi connectivity index (χ2v) is 6.53. The lowest BCUT2D eigenvalue weighted by atomic mass is 10.2. The summed E-state index contributed by atoms with van der Waals surface area (Å²) in [5.74, 6) is 0.203. The second kappa shape index (κ2) is 5.11. The molecule has 0 unspecified atom stereocenters. The molecule has 4 aromatic rings. The molecule has 0 aliphatic rings. The van der Waals surface area contributed by atoms with Gasteiger partial charge >= 0.3 is 0 Å². The number of thiazole rings is 1. The van der Waals surface area contributed by atoms with E-state index in [1.165, 1.54) is 34.8 Å². The third-order valence-corrected chi connectivity index (χ3v) is 4.54. The number of hydrogen-bond acceptors (Lipinski definition) is 7. The molecule has 110 valence electrons. The van der Waals surface area contributed by atoms with E-state index in [0.29, 0.717) is 11.1 Å². The molecule has 1 aromatic carbocycles. The van der Waals surface area contributed by atoms with Crippen LogP contribution in [0.2, 0.25) is 0 Å². The fraction of sp³-hybridized carbons (Fsp3) is 0.0769. The zero-order chi connectivity index (χ0) is 15.1. The minimum atomic E-state index is -0.261. The summed E-state index contributed by atoms with van der Waals surface area (Å²) >= 11 is 2.91. The fourth-order valence-electron chi connectivity index (χ4n) is 2.00. The minimum Gasteiger partial charge on any atom is -0.297 e. The second-order valence-electron chi connectivity index (χ2n) is 4.51. The molecule has 0 radical (unpaired) electrons. The molecule has 0 aliphatic heterocycles. The summed E-state index contributed by atoms with van der Waals surface area (Å²) in [4.78, 5) is 5.16. The molecule has 3 aromatic heterocycles. The van der Waals surface area contributed by atoms with Crippen LogP contribution in [0.1, 0.15) is 5.01 Å². The first-order valence-corrected chi connectivity index (χ1v) is 8.06. The third-order valence-electron chi connectivity index (χ3n) is 2.97. The first kappa shape index (κ1) is 13.3. The smallest absolute Gasteiger partial charge is 0.250 e. The number of benzene rings is 1. The lowest BCUT2D eigenvalue weighted by Gasteiger charge is -1.98. The van der Waals surface area contributed by atoms with Crippen molar-refractivity contribution in [2.75, 3.05) is 5.32 Å². The molecule has 4 rings (SSSR count). The van der Waals surface area contributed by atoms with Gasteiger partial charge in [-0.1, -0.05) is 11.3 Å². The maximum Gasteiger partial charge on any atom is 0.250 e. The van der Waals surface area contributed by atoms with Crippen LogP contribution in [0.3, 0.4) is 0 Å². The van der Waals surface area contributed by atoms with Gasteiger partial charge in [0, 0.05) is 10.9 Å². The van der Waals surface area contributed by atoms with Gasteiger partial charge in [0.2, 0.25) is 16.0 Å². The molecule has 0 amide bonds. The Kier molecular flexibility index (Phi) is 3.09. The highest BCUT2D eigenvalue weighted by molar-refractivity contribution is 7.15. The summed E-state index contributed by atoms with van der Waals surface area (Å²) < 4.78 is 14.8. The van der Waals surface area contributed by atoms with E-state index in [1.54, 1.807) is 16.6 Å². The molecule has 0 aliphatic carbocycles. The molecule has 9 heteroatoms. The van der Waals surface area contributed by atoms with Crippen LogP contribution < -0.4 is 5.32 Å². The number of aryl methyl sites for hydroxylation is 1. The number of anilines is 2. The predicted octanol–water partition coefficient (Wildman–Crippen LogP) is 3.50. The Morgan fingerprint density at radius 2 is 2.00 bits per heavy atom. The molecule has 3 heterocycles. The van der Waals surface area contributed by atoms with Crippen molar-refractivity contribution in [1.29, 1.82) is 0 Å². The maximum absolute atomic E-state index is 13.0. The predicted molar refractivity (Wildman–Crippen MR) is 84.2 cm³/mol. The van der Waals surface area contributed by atoms with Crippen LogP contribution in [0.25, 0.3) is 16.2 Å². The van der Waals surface area contributed by atoms with Gasteiger partial charge in [0.25, 0.3) is 0 Å². The van der Waals surface area contributed by atoms with E-state index in [4.69, 9.17) is 0 Å². The van der Waals surface area contributed by atoms with Crippen LogP contribution in [0, 0.1) is 12.7 Å². The lowest BCUT2D eigenvalue weighted by Crippen LogP contribution is -1.94.